The molecule has 2 aromatic heterocycles. The first kappa shape index (κ1) is 24.7. The Kier molecular flexibility index (Phi) is 6.09. The van der Waals surface area contributed by atoms with E-state index in [9.17, 15) is 4.79 Å². The Morgan fingerprint density at radius 2 is 1.87 bits per heavy atom. The summed E-state index contributed by atoms with van der Waals surface area (Å²) < 4.78 is 24.6. The van der Waals surface area contributed by atoms with E-state index in [0.29, 0.717) is 62.1 Å². The van der Waals surface area contributed by atoms with Gasteiger partial charge in [0, 0.05) is 24.6 Å². The van der Waals surface area contributed by atoms with E-state index >= 15 is 0 Å². The number of likely N-dealkylation sites (N-methyl/N-ethyl adjacent to an activating group) is 1. The van der Waals surface area contributed by atoms with Crippen LogP contribution in [0.5, 0.6) is 5.88 Å². The van der Waals surface area contributed by atoms with Crippen LogP contribution < -0.4 is 4.74 Å². The quantitative estimate of drug-likeness (QED) is 0.592. The molecule has 0 unspecified atom stereocenters. The summed E-state index contributed by atoms with van der Waals surface area (Å²) in [5.41, 5.74) is 2.90. The van der Waals surface area contributed by atoms with Gasteiger partial charge < -0.3 is 18.7 Å². The molecule has 2 aromatic rings. The van der Waals surface area contributed by atoms with Crippen LogP contribution in [0.3, 0.4) is 0 Å². The second-order valence-electron chi connectivity index (χ2n) is 12.2. The predicted octanol–water partition coefficient (Wildman–Crippen LogP) is 3.90. The lowest BCUT2D eigenvalue weighted by Crippen LogP contribution is -2.41. The van der Waals surface area contributed by atoms with Crippen LogP contribution in [0.2, 0.25) is 0 Å². The second kappa shape index (κ2) is 9.38. The Labute approximate surface area is 223 Å². The van der Waals surface area contributed by atoms with Gasteiger partial charge in [0.1, 0.15) is 17.6 Å². The Morgan fingerprint density at radius 1 is 1.00 bits per heavy atom. The first-order valence-electron chi connectivity index (χ1n) is 14.5. The minimum absolute atomic E-state index is 0.0289. The standard InChI is InChI=1S/C29H38N4O5/c1-18(21-8-6-13-33(21)2)37-27-20-15-36-17-28(12-14-35-16-28)24(20)30-26(31-27)23-19-7-5-11-29(25(19)32-38-23)10-4-3-9-22(29)34/h18,21H,3-17H2,1-2H3/t18-,21-,28+,29+/m0/s1. The molecule has 0 bridgehead atoms. The maximum Gasteiger partial charge on any atom is 0.223 e. The lowest BCUT2D eigenvalue weighted by Gasteiger charge is -2.37. The third-order valence-electron chi connectivity index (χ3n) is 9.88. The van der Waals surface area contributed by atoms with Crippen molar-refractivity contribution in [1.29, 1.82) is 0 Å². The highest BCUT2D eigenvalue weighted by Crippen LogP contribution is 2.48. The number of Topliss-reactive ketones (excluding diaryl/α,β-unsaturated/α-hetero) is 1. The molecule has 2 aliphatic carbocycles. The number of ketones is 1. The molecule has 3 aliphatic heterocycles. The molecule has 2 saturated heterocycles. The highest BCUT2D eigenvalue weighted by Gasteiger charge is 2.49. The van der Waals surface area contributed by atoms with Gasteiger partial charge >= 0.3 is 0 Å². The van der Waals surface area contributed by atoms with E-state index in [0.717, 1.165) is 80.4 Å². The topological polar surface area (TPSA) is 99.8 Å². The van der Waals surface area contributed by atoms with Gasteiger partial charge in [-0.3, -0.25) is 9.69 Å². The molecule has 7 rings (SSSR count). The van der Waals surface area contributed by atoms with Gasteiger partial charge in [0.05, 0.1) is 41.9 Å². The van der Waals surface area contributed by atoms with Gasteiger partial charge in [0.25, 0.3) is 0 Å². The number of carbonyl (C=O) groups is 1. The largest absolute Gasteiger partial charge is 0.473 e. The first-order valence-corrected chi connectivity index (χ1v) is 14.5. The number of nitrogens with zero attached hydrogens (tertiary/aromatic N) is 4. The summed E-state index contributed by atoms with van der Waals surface area (Å²) in [5, 5.41) is 4.55. The fraction of sp³-hybridized carbons (Fsp3) is 0.724. The minimum atomic E-state index is -0.503. The van der Waals surface area contributed by atoms with Crippen LogP contribution in [0.4, 0.5) is 0 Å². The number of aromatic nitrogens is 3. The van der Waals surface area contributed by atoms with E-state index in [2.05, 4.69) is 24.0 Å². The molecular formula is C29H38N4O5. The van der Waals surface area contributed by atoms with Crippen molar-refractivity contribution in [2.24, 2.45) is 0 Å². The summed E-state index contributed by atoms with van der Waals surface area (Å²) in [6.07, 6.45) is 9.23. The summed E-state index contributed by atoms with van der Waals surface area (Å²) in [5.74, 6) is 1.99. The second-order valence-corrected chi connectivity index (χ2v) is 12.2. The van der Waals surface area contributed by atoms with Gasteiger partial charge in [-0.25, -0.2) is 4.98 Å². The molecule has 4 atom stereocenters. The Bertz CT molecular complexity index is 1240. The Hall–Kier alpha value is -2.36. The zero-order valence-corrected chi connectivity index (χ0v) is 22.6. The maximum atomic E-state index is 13.2. The number of fused-ring (bicyclic) bond motifs is 4. The van der Waals surface area contributed by atoms with Gasteiger partial charge in [-0.2, -0.15) is 4.98 Å². The molecule has 9 heteroatoms. The predicted molar refractivity (Wildman–Crippen MR) is 138 cm³/mol. The SMILES string of the molecule is C[C@H](Oc1nc(-c2onc3c2CCC[C@@]32CCCCC2=O)nc2c1COC[C@]21CCOC1)[C@@H]1CCCN1C. The van der Waals surface area contributed by atoms with Gasteiger partial charge in [-0.1, -0.05) is 11.6 Å². The number of hydrogen-bond acceptors (Lipinski definition) is 9. The van der Waals surface area contributed by atoms with E-state index in [1.54, 1.807) is 0 Å². The average Bonchev–Trinajstić information content (AvgIpc) is 3.67. The van der Waals surface area contributed by atoms with Crippen molar-refractivity contribution in [3.05, 3.63) is 22.5 Å². The summed E-state index contributed by atoms with van der Waals surface area (Å²) in [4.78, 5) is 25.7. The molecule has 2 spiro atoms. The molecular weight excluding hydrogens is 484 g/mol. The molecule has 9 nitrogen and oxygen atoms in total. The third kappa shape index (κ3) is 3.76. The average molecular weight is 523 g/mol. The lowest BCUT2D eigenvalue weighted by molar-refractivity contribution is -0.127. The highest BCUT2D eigenvalue weighted by atomic mass is 16.5. The number of hydrogen-bond donors (Lipinski definition) is 0. The van der Waals surface area contributed by atoms with Crippen molar-refractivity contribution in [3.63, 3.8) is 0 Å². The monoisotopic (exact) mass is 522 g/mol. The van der Waals surface area contributed by atoms with Crippen molar-refractivity contribution in [1.82, 2.24) is 20.0 Å². The van der Waals surface area contributed by atoms with Gasteiger partial charge in [-0.15, -0.1) is 0 Å². The smallest absolute Gasteiger partial charge is 0.223 e. The molecule has 1 saturated carbocycles. The molecule has 5 aliphatic rings. The number of carbonyl (C=O) groups excluding carboxylic acids is 1. The van der Waals surface area contributed by atoms with Crippen LogP contribution >= 0.6 is 0 Å². The lowest BCUT2D eigenvalue weighted by atomic mass is 9.64. The molecule has 0 radical (unpaired) electrons. The van der Waals surface area contributed by atoms with Crippen LogP contribution in [0.1, 0.15) is 87.2 Å². The number of likely N-dealkylation sites (tertiary alicyclic amines) is 1. The van der Waals surface area contributed by atoms with Gasteiger partial charge in [-0.05, 0) is 71.9 Å². The fourth-order valence-corrected chi connectivity index (χ4v) is 7.72. The van der Waals surface area contributed by atoms with Crippen LogP contribution in [0.15, 0.2) is 4.52 Å². The maximum absolute atomic E-state index is 13.2. The van der Waals surface area contributed by atoms with Crippen molar-refractivity contribution in [2.45, 2.75) is 101 Å². The van der Waals surface area contributed by atoms with Crippen molar-refractivity contribution in [2.75, 3.05) is 33.4 Å². The van der Waals surface area contributed by atoms with Crippen molar-refractivity contribution < 1.29 is 23.5 Å². The van der Waals surface area contributed by atoms with Crippen molar-refractivity contribution >= 4 is 5.78 Å². The minimum Gasteiger partial charge on any atom is -0.473 e. The summed E-state index contributed by atoms with van der Waals surface area (Å²) in [6, 6.07) is 0.340. The van der Waals surface area contributed by atoms with E-state index in [1.807, 2.05) is 0 Å². The van der Waals surface area contributed by atoms with Gasteiger partial charge in [0.2, 0.25) is 17.5 Å². The molecule has 0 N–H and O–H groups in total. The molecule has 3 fully saturated rings. The number of rotatable bonds is 4. The zero-order chi connectivity index (χ0) is 25.9. The number of ether oxygens (including phenoxy) is 3. The Morgan fingerprint density at radius 3 is 2.66 bits per heavy atom. The zero-order valence-electron chi connectivity index (χ0n) is 22.6. The molecule has 38 heavy (non-hydrogen) atoms. The Balaban J connectivity index is 1.33. The van der Waals surface area contributed by atoms with E-state index in [-0.39, 0.29) is 11.5 Å². The molecule has 0 aromatic carbocycles. The summed E-state index contributed by atoms with van der Waals surface area (Å²) in [7, 11) is 2.16. The van der Waals surface area contributed by atoms with E-state index in [1.165, 1.54) is 6.42 Å². The highest BCUT2D eigenvalue weighted by molar-refractivity contribution is 5.91. The van der Waals surface area contributed by atoms with Crippen LogP contribution in [0, 0.1) is 0 Å². The van der Waals surface area contributed by atoms with Crippen LogP contribution in [-0.2, 0) is 38.1 Å². The van der Waals surface area contributed by atoms with Crippen LogP contribution in [-0.4, -0.2) is 71.4 Å². The third-order valence-corrected chi connectivity index (χ3v) is 9.88. The van der Waals surface area contributed by atoms with E-state index in [4.69, 9.17) is 28.7 Å². The fourth-order valence-electron chi connectivity index (χ4n) is 7.72. The van der Waals surface area contributed by atoms with E-state index < -0.39 is 5.41 Å². The summed E-state index contributed by atoms with van der Waals surface area (Å²) >= 11 is 0. The molecule has 5 heterocycles. The summed E-state index contributed by atoms with van der Waals surface area (Å²) in [6.45, 7) is 5.47. The normalized spacial score (nSPS) is 32.1. The van der Waals surface area contributed by atoms with Crippen molar-refractivity contribution in [3.8, 4) is 17.5 Å². The first-order chi connectivity index (χ1) is 18.5. The molecule has 204 valence electrons. The van der Waals surface area contributed by atoms with Gasteiger partial charge in [0.15, 0.2) is 0 Å². The molecule has 0 amide bonds. The van der Waals surface area contributed by atoms with Crippen LogP contribution in [0.25, 0.3) is 11.6 Å².